The number of anilines is 1. The Kier molecular flexibility index (Phi) is 5.13. The molecule has 110 valence electrons. The van der Waals surface area contributed by atoms with E-state index in [0.29, 0.717) is 11.2 Å². The van der Waals surface area contributed by atoms with E-state index in [1.807, 2.05) is 0 Å². The molecule has 0 radical (unpaired) electrons. The fraction of sp³-hybridized carbons (Fsp3) is 0.667. The lowest BCUT2D eigenvalue weighted by molar-refractivity contribution is -0.384. The van der Waals surface area contributed by atoms with Crippen molar-refractivity contribution in [1.82, 2.24) is 14.9 Å². The normalized spacial score (nSPS) is 19.9. The number of piperidine rings is 1. The summed E-state index contributed by atoms with van der Waals surface area (Å²) in [6.45, 7) is 1.16. The molecule has 8 heteroatoms. The van der Waals surface area contributed by atoms with Crippen LogP contribution in [-0.2, 0) is 0 Å². The summed E-state index contributed by atoms with van der Waals surface area (Å²) in [6, 6.07) is 0.617. The van der Waals surface area contributed by atoms with Gasteiger partial charge in [0.05, 0.1) is 4.92 Å². The molecule has 20 heavy (non-hydrogen) atoms. The molecule has 0 unspecified atom stereocenters. The summed E-state index contributed by atoms with van der Waals surface area (Å²) in [7, 11) is 2.16. The minimum Gasteiger partial charge on any atom is -0.378 e. The van der Waals surface area contributed by atoms with E-state index in [0.717, 1.165) is 18.7 Å². The van der Waals surface area contributed by atoms with Gasteiger partial charge in [-0.15, -0.1) is 0 Å². The predicted octanol–water partition coefficient (Wildman–Crippen LogP) is 1.93. The van der Waals surface area contributed by atoms with Gasteiger partial charge in [-0.25, -0.2) is 4.98 Å². The van der Waals surface area contributed by atoms with E-state index in [-0.39, 0.29) is 11.5 Å². The first kappa shape index (κ1) is 15.0. The Hall–Kier alpha value is -1.41. The molecule has 1 atom stereocenters. The lowest BCUT2D eigenvalue weighted by atomic mass is 10.0. The third-order valence-corrected chi connectivity index (χ3v) is 4.47. The van der Waals surface area contributed by atoms with Crippen molar-refractivity contribution in [3.05, 3.63) is 16.3 Å². The standard InChI is InChI=1S/C12H19N5O2S/c1-16-6-3-2-4-9(16)5-7-20-12-14-8-10(17(18)19)11(13)15-12/h8-9H,2-7H2,1H3,(H2,13,14,15)/t9-/m1/s1. The maximum absolute atomic E-state index is 10.6. The van der Waals surface area contributed by atoms with E-state index in [9.17, 15) is 10.1 Å². The molecular weight excluding hydrogens is 278 g/mol. The number of hydrogen-bond donors (Lipinski definition) is 1. The highest BCUT2D eigenvalue weighted by atomic mass is 32.2. The summed E-state index contributed by atoms with van der Waals surface area (Å²) >= 11 is 1.50. The maximum atomic E-state index is 10.6. The van der Waals surface area contributed by atoms with Crippen molar-refractivity contribution in [2.24, 2.45) is 0 Å². The molecule has 1 fully saturated rings. The van der Waals surface area contributed by atoms with Crippen LogP contribution in [0.15, 0.2) is 11.4 Å². The highest BCUT2D eigenvalue weighted by Gasteiger charge is 2.19. The van der Waals surface area contributed by atoms with E-state index in [4.69, 9.17) is 5.73 Å². The maximum Gasteiger partial charge on any atom is 0.329 e. The minimum atomic E-state index is -0.569. The molecule has 0 saturated carbocycles. The first-order valence-electron chi connectivity index (χ1n) is 6.68. The lowest BCUT2D eigenvalue weighted by Gasteiger charge is -2.32. The summed E-state index contributed by atoms with van der Waals surface area (Å²) in [6.07, 6.45) is 6.06. The molecule has 0 aromatic carbocycles. The molecule has 1 aliphatic rings. The van der Waals surface area contributed by atoms with Crippen LogP contribution in [0.5, 0.6) is 0 Å². The number of nitrogens with zero attached hydrogens (tertiary/aromatic N) is 4. The Morgan fingerprint density at radius 1 is 1.60 bits per heavy atom. The summed E-state index contributed by atoms with van der Waals surface area (Å²) in [4.78, 5) is 20.4. The van der Waals surface area contributed by atoms with Crippen LogP contribution in [0.3, 0.4) is 0 Å². The van der Waals surface area contributed by atoms with Gasteiger partial charge in [-0.2, -0.15) is 4.98 Å². The molecule has 0 aliphatic carbocycles. The van der Waals surface area contributed by atoms with Gasteiger partial charge in [-0.3, -0.25) is 10.1 Å². The summed E-state index contributed by atoms with van der Waals surface area (Å²) < 4.78 is 0. The van der Waals surface area contributed by atoms with Crippen molar-refractivity contribution in [1.29, 1.82) is 0 Å². The number of thioether (sulfide) groups is 1. The van der Waals surface area contributed by atoms with Gasteiger partial charge in [0.15, 0.2) is 5.16 Å². The number of nitrogens with two attached hydrogens (primary N) is 1. The van der Waals surface area contributed by atoms with Crippen molar-refractivity contribution in [3.8, 4) is 0 Å². The Labute approximate surface area is 122 Å². The number of hydrogen-bond acceptors (Lipinski definition) is 7. The van der Waals surface area contributed by atoms with Gasteiger partial charge in [-0.05, 0) is 32.9 Å². The highest BCUT2D eigenvalue weighted by Crippen LogP contribution is 2.24. The van der Waals surface area contributed by atoms with Gasteiger partial charge in [0.1, 0.15) is 6.20 Å². The fourth-order valence-electron chi connectivity index (χ4n) is 2.38. The van der Waals surface area contributed by atoms with Crippen molar-refractivity contribution < 1.29 is 4.92 Å². The van der Waals surface area contributed by atoms with Crippen LogP contribution in [0.2, 0.25) is 0 Å². The molecule has 1 aromatic heterocycles. The van der Waals surface area contributed by atoms with Crippen LogP contribution < -0.4 is 5.73 Å². The molecule has 2 N–H and O–H groups in total. The zero-order valence-electron chi connectivity index (χ0n) is 11.5. The van der Waals surface area contributed by atoms with Gasteiger partial charge in [0.2, 0.25) is 5.82 Å². The van der Waals surface area contributed by atoms with Crippen molar-refractivity contribution in [2.75, 3.05) is 25.1 Å². The molecule has 1 aliphatic heterocycles. The average Bonchev–Trinajstić information content (AvgIpc) is 2.40. The monoisotopic (exact) mass is 297 g/mol. The average molecular weight is 297 g/mol. The largest absolute Gasteiger partial charge is 0.378 e. The Morgan fingerprint density at radius 2 is 2.40 bits per heavy atom. The Morgan fingerprint density at radius 3 is 3.05 bits per heavy atom. The quantitative estimate of drug-likeness (QED) is 0.384. The van der Waals surface area contributed by atoms with Crippen LogP contribution in [0.4, 0.5) is 11.5 Å². The summed E-state index contributed by atoms with van der Waals surface area (Å²) in [5, 5.41) is 11.1. The van der Waals surface area contributed by atoms with Crippen LogP contribution in [-0.4, -0.2) is 45.2 Å². The van der Waals surface area contributed by atoms with Gasteiger partial charge >= 0.3 is 5.69 Å². The molecule has 0 amide bonds. The molecule has 2 rings (SSSR count). The number of nitrogen functional groups attached to an aromatic ring is 1. The predicted molar refractivity (Wildman–Crippen MR) is 78.7 cm³/mol. The topological polar surface area (TPSA) is 98.2 Å². The summed E-state index contributed by atoms with van der Waals surface area (Å²) in [5.41, 5.74) is 5.31. The molecule has 0 bridgehead atoms. The molecule has 2 heterocycles. The van der Waals surface area contributed by atoms with Gasteiger partial charge in [-0.1, -0.05) is 18.2 Å². The SMILES string of the molecule is CN1CCCC[C@@H]1CCSc1ncc([N+](=O)[O-])c(N)n1. The van der Waals surface area contributed by atoms with Crippen LogP contribution in [0.1, 0.15) is 25.7 Å². The van der Waals surface area contributed by atoms with Crippen molar-refractivity contribution >= 4 is 23.3 Å². The minimum absolute atomic E-state index is 0.0673. The third-order valence-electron chi connectivity index (χ3n) is 3.58. The van der Waals surface area contributed by atoms with Crippen LogP contribution in [0.25, 0.3) is 0 Å². The zero-order valence-corrected chi connectivity index (χ0v) is 12.3. The first-order valence-corrected chi connectivity index (χ1v) is 7.66. The summed E-state index contributed by atoms with van der Waals surface area (Å²) in [5.74, 6) is 0.828. The molecule has 1 saturated heterocycles. The van der Waals surface area contributed by atoms with Gasteiger partial charge in [0, 0.05) is 11.8 Å². The van der Waals surface area contributed by atoms with E-state index >= 15 is 0 Å². The lowest BCUT2D eigenvalue weighted by Crippen LogP contribution is -2.36. The van der Waals surface area contributed by atoms with Crippen LogP contribution >= 0.6 is 11.8 Å². The van der Waals surface area contributed by atoms with E-state index in [1.165, 1.54) is 37.2 Å². The van der Waals surface area contributed by atoms with Crippen molar-refractivity contribution in [2.45, 2.75) is 36.9 Å². The van der Waals surface area contributed by atoms with E-state index in [2.05, 4.69) is 21.9 Å². The van der Waals surface area contributed by atoms with Gasteiger partial charge < -0.3 is 10.6 Å². The third kappa shape index (κ3) is 3.80. The van der Waals surface area contributed by atoms with Crippen LogP contribution in [0, 0.1) is 10.1 Å². The fourth-order valence-corrected chi connectivity index (χ4v) is 3.24. The second-order valence-electron chi connectivity index (χ2n) is 4.95. The second-order valence-corrected chi connectivity index (χ2v) is 6.01. The number of aromatic nitrogens is 2. The van der Waals surface area contributed by atoms with Crippen molar-refractivity contribution in [3.63, 3.8) is 0 Å². The second kappa shape index (κ2) is 6.85. The Bertz CT molecular complexity index is 485. The smallest absolute Gasteiger partial charge is 0.329 e. The number of likely N-dealkylation sites (tertiary alicyclic amines) is 1. The molecule has 0 spiro atoms. The van der Waals surface area contributed by atoms with E-state index < -0.39 is 4.92 Å². The highest BCUT2D eigenvalue weighted by molar-refractivity contribution is 7.99. The number of rotatable bonds is 5. The Balaban J connectivity index is 1.85. The molecular formula is C12H19N5O2S. The number of nitro groups is 1. The molecule has 7 nitrogen and oxygen atoms in total. The van der Waals surface area contributed by atoms with Gasteiger partial charge in [0.25, 0.3) is 0 Å². The zero-order chi connectivity index (χ0) is 14.5. The van der Waals surface area contributed by atoms with E-state index in [1.54, 1.807) is 0 Å². The molecule has 1 aromatic rings. The first-order chi connectivity index (χ1) is 9.58.